The van der Waals surface area contributed by atoms with Gasteiger partial charge in [0.05, 0.1) is 18.0 Å². The van der Waals surface area contributed by atoms with Crippen molar-refractivity contribution < 1.29 is 9.59 Å². The minimum Gasteiger partial charge on any atom is -0.336 e. The zero-order chi connectivity index (χ0) is 20.2. The van der Waals surface area contributed by atoms with Gasteiger partial charge in [0, 0.05) is 37.9 Å². The van der Waals surface area contributed by atoms with Crippen LogP contribution < -0.4 is 4.90 Å². The van der Waals surface area contributed by atoms with Gasteiger partial charge in [0.25, 0.3) is 5.91 Å². The number of pyridine rings is 1. The fourth-order valence-corrected chi connectivity index (χ4v) is 4.70. The average molecular weight is 411 g/mol. The molecule has 1 saturated heterocycles. The summed E-state index contributed by atoms with van der Waals surface area (Å²) < 4.78 is 0. The zero-order valence-corrected chi connectivity index (χ0v) is 17.5. The Balaban J connectivity index is 1.41. The summed E-state index contributed by atoms with van der Waals surface area (Å²) in [4.78, 5) is 35.7. The van der Waals surface area contributed by atoms with Crippen molar-refractivity contribution in [2.45, 2.75) is 24.9 Å². The number of hydrogen-bond acceptors (Lipinski definition) is 5. The number of hydrogen-bond donors (Lipinski definition) is 0. The van der Waals surface area contributed by atoms with E-state index in [0.717, 1.165) is 55.4 Å². The Hall–Kier alpha value is -2.38. The minimum absolute atomic E-state index is 0.0839. The quantitative estimate of drug-likeness (QED) is 0.759. The Bertz CT molecular complexity index is 879. The highest BCUT2D eigenvalue weighted by atomic mass is 32.2. The minimum atomic E-state index is 0.0839. The third-order valence-electron chi connectivity index (χ3n) is 5.42. The molecule has 1 aromatic heterocycles. The number of carbonyl (C=O) groups is 2. The summed E-state index contributed by atoms with van der Waals surface area (Å²) in [6, 6.07) is 11.4. The molecule has 7 heteroatoms. The first-order chi connectivity index (χ1) is 14.2. The molecule has 6 nitrogen and oxygen atoms in total. The number of aromatic nitrogens is 1. The highest BCUT2D eigenvalue weighted by molar-refractivity contribution is 8.00. The highest BCUT2D eigenvalue weighted by Gasteiger charge is 2.26. The molecule has 0 unspecified atom stereocenters. The lowest BCUT2D eigenvalue weighted by molar-refractivity contribution is -0.116. The van der Waals surface area contributed by atoms with Gasteiger partial charge in [0.1, 0.15) is 5.03 Å². The second kappa shape index (κ2) is 8.97. The van der Waals surface area contributed by atoms with Crippen LogP contribution in [-0.4, -0.2) is 65.1 Å². The molecule has 3 heterocycles. The first kappa shape index (κ1) is 19.9. The smallest absolute Gasteiger partial charge is 0.253 e. The van der Waals surface area contributed by atoms with Crippen LogP contribution in [0.5, 0.6) is 0 Å². The van der Waals surface area contributed by atoms with Gasteiger partial charge in [-0.25, -0.2) is 4.98 Å². The molecule has 0 radical (unpaired) electrons. The lowest BCUT2D eigenvalue weighted by Gasteiger charge is -2.34. The molecule has 2 aliphatic rings. The second-order valence-corrected chi connectivity index (χ2v) is 8.39. The Morgan fingerprint density at radius 1 is 1.10 bits per heavy atom. The van der Waals surface area contributed by atoms with Gasteiger partial charge < -0.3 is 9.80 Å². The topological polar surface area (TPSA) is 56.8 Å². The van der Waals surface area contributed by atoms with E-state index >= 15 is 0 Å². The fourth-order valence-electron chi connectivity index (χ4n) is 3.82. The van der Waals surface area contributed by atoms with E-state index in [2.05, 4.69) is 16.8 Å². The summed E-state index contributed by atoms with van der Waals surface area (Å²) in [6.45, 7) is 7.23. The maximum atomic E-state index is 12.8. The van der Waals surface area contributed by atoms with E-state index in [1.165, 1.54) is 11.8 Å². The van der Waals surface area contributed by atoms with Crippen LogP contribution >= 0.6 is 11.8 Å². The molecule has 0 bridgehead atoms. The molecule has 1 fully saturated rings. The number of thioether (sulfide) groups is 1. The van der Waals surface area contributed by atoms with Crippen LogP contribution in [0, 0.1) is 0 Å². The van der Waals surface area contributed by atoms with Crippen molar-refractivity contribution in [2.24, 2.45) is 0 Å². The molecule has 0 spiro atoms. The monoisotopic (exact) mass is 410 g/mol. The molecular weight excluding hydrogens is 384 g/mol. The summed E-state index contributed by atoms with van der Waals surface area (Å²) >= 11 is 1.48. The molecule has 0 saturated carbocycles. The first-order valence-corrected chi connectivity index (χ1v) is 11.1. The van der Waals surface area contributed by atoms with E-state index < -0.39 is 0 Å². The number of amides is 2. The van der Waals surface area contributed by atoms with E-state index in [4.69, 9.17) is 0 Å². The molecule has 1 aromatic carbocycles. The molecular formula is C22H26N4O2S. The van der Waals surface area contributed by atoms with E-state index in [-0.39, 0.29) is 11.8 Å². The molecule has 2 aromatic rings. The molecule has 0 atom stereocenters. The van der Waals surface area contributed by atoms with Crippen molar-refractivity contribution in [2.75, 3.05) is 43.4 Å². The average Bonchev–Trinajstić information content (AvgIpc) is 2.76. The number of anilines is 1. The van der Waals surface area contributed by atoms with Crippen LogP contribution in [0.1, 0.15) is 29.3 Å². The number of piperazine rings is 1. The van der Waals surface area contributed by atoms with Crippen molar-refractivity contribution in [3.05, 3.63) is 53.7 Å². The summed E-state index contributed by atoms with van der Waals surface area (Å²) in [5, 5.41) is 0.890. The number of benzene rings is 1. The van der Waals surface area contributed by atoms with Crippen molar-refractivity contribution in [1.29, 1.82) is 0 Å². The molecule has 4 rings (SSSR count). The van der Waals surface area contributed by atoms with Crippen molar-refractivity contribution >= 4 is 29.3 Å². The SMILES string of the molecule is CCCN1CCN(C(=O)c2ccc(CN3C(=O)CSc4ncccc43)cc2)CC1. The van der Waals surface area contributed by atoms with Gasteiger partial charge in [-0.1, -0.05) is 30.8 Å². The van der Waals surface area contributed by atoms with Crippen LogP contribution in [0.15, 0.2) is 47.6 Å². The molecule has 0 N–H and O–H groups in total. The van der Waals surface area contributed by atoms with Crippen molar-refractivity contribution in [3.63, 3.8) is 0 Å². The van der Waals surface area contributed by atoms with E-state index in [1.54, 1.807) is 11.1 Å². The van der Waals surface area contributed by atoms with Gasteiger partial charge in [-0.15, -0.1) is 0 Å². The normalized spacial score (nSPS) is 17.3. The standard InChI is InChI=1S/C22H26N4O2S/c1-2-10-24-11-13-25(14-12-24)22(28)18-7-5-17(6-8-18)15-26-19-4-3-9-23-21(19)29-16-20(26)27/h3-9H,2,10-16H2,1H3. The Morgan fingerprint density at radius 3 is 2.59 bits per heavy atom. The van der Waals surface area contributed by atoms with Crippen LogP contribution in [0.25, 0.3) is 0 Å². The predicted octanol–water partition coefficient (Wildman–Crippen LogP) is 2.89. The highest BCUT2D eigenvalue weighted by Crippen LogP contribution is 2.34. The molecule has 29 heavy (non-hydrogen) atoms. The molecule has 152 valence electrons. The first-order valence-electron chi connectivity index (χ1n) is 10.1. The number of nitrogens with zero attached hydrogens (tertiary/aromatic N) is 4. The Morgan fingerprint density at radius 2 is 1.86 bits per heavy atom. The largest absolute Gasteiger partial charge is 0.336 e. The van der Waals surface area contributed by atoms with Crippen molar-refractivity contribution in [3.8, 4) is 0 Å². The van der Waals surface area contributed by atoms with Gasteiger partial charge in [-0.3, -0.25) is 14.5 Å². The fraction of sp³-hybridized carbons (Fsp3) is 0.409. The molecule has 2 amide bonds. The van der Waals surface area contributed by atoms with Crippen LogP contribution in [0.4, 0.5) is 5.69 Å². The summed E-state index contributed by atoms with van der Waals surface area (Å²) in [7, 11) is 0. The number of fused-ring (bicyclic) bond motifs is 1. The summed E-state index contributed by atoms with van der Waals surface area (Å²) in [6.07, 6.45) is 2.90. The number of rotatable bonds is 5. The van der Waals surface area contributed by atoms with Crippen LogP contribution in [0.2, 0.25) is 0 Å². The zero-order valence-electron chi connectivity index (χ0n) is 16.7. The van der Waals surface area contributed by atoms with Crippen molar-refractivity contribution in [1.82, 2.24) is 14.8 Å². The van der Waals surface area contributed by atoms with E-state index in [0.29, 0.717) is 17.9 Å². The summed E-state index contributed by atoms with van der Waals surface area (Å²) in [5.74, 6) is 0.582. The lowest BCUT2D eigenvalue weighted by atomic mass is 10.1. The van der Waals surface area contributed by atoms with Gasteiger partial charge in [0.15, 0.2) is 0 Å². The van der Waals surface area contributed by atoms with Crippen LogP contribution in [0.3, 0.4) is 0 Å². The van der Waals surface area contributed by atoms with E-state index in [1.807, 2.05) is 41.3 Å². The molecule has 2 aliphatic heterocycles. The molecule has 0 aliphatic carbocycles. The van der Waals surface area contributed by atoms with Crippen LogP contribution in [-0.2, 0) is 11.3 Å². The lowest BCUT2D eigenvalue weighted by Crippen LogP contribution is -2.48. The third-order valence-corrected chi connectivity index (χ3v) is 6.40. The number of carbonyl (C=O) groups excluding carboxylic acids is 2. The third kappa shape index (κ3) is 4.46. The van der Waals surface area contributed by atoms with Gasteiger partial charge in [0.2, 0.25) is 5.91 Å². The predicted molar refractivity (Wildman–Crippen MR) is 115 cm³/mol. The second-order valence-electron chi connectivity index (χ2n) is 7.43. The maximum absolute atomic E-state index is 12.8. The Labute approximate surface area is 175 Å². The van der Waals surface area contributed by atoms with Gasteiger partial charge in [-0.2, -0.15) is 0 Å². The van der Waals surface area contributed by atoms with E-state index in [9.17, 15) is 9.59 Å². The Kier molecular flexibility index (Phi) is 6.16. The van der Waals surface area contributed by atoms with Gasteiger partial charge in [-0.05, 0) is 42.8 Å². The summed E-state index contributed by atoms with van der Waals surface area (Å²) in [5.41, 5.74) is 2.57. The van der Waals surface area contributed by atoms with Gasteiger partial charge >= 0.3 is 0 Å². The maximum Gasteiger partial charge on any atom is 0.253 e.